The Labute approximate surface area is 162 Å². The first-order valence-electron chi connectivity index (χ1n) is 9.33. The third-order valence-electron chi connectivity index (χ3n) is 5.11. The van der Waals surface area contributed by atoms with Crippen LogP contribution in [0.1, 0.15) is 19.0 Å². The monoisotopic (exact) mass is 379 g/mol. The first-order chi connectivity index (χ1) is 13.3. The van der Waals surface area contributed by atoms with E-state index in [4.69, 9.17) is 14.7 Å². The lowest BCUT2D eigenvalue weighted by Gasteiger charge is -2.31. The molecule has 0 unspecified atom stereocenters. The van der Waals surface area contributed by atoms with Gasteiger partial charge in [-0.3, -0.25) is 5.10 Å². The van der Waals surface area contributed by atoms with Crippen LogP contribution in [0.15, 0.2) is 34.9 Å². The largest absolute Gasteiger partial charge is 0.378 e. The average Bonchev–Trinajstić information content (AvgIpc) is 3.22. The topological polar surface area (TPSA) is 66.9 Å². The van der Waals surface area contributed by atoms with Gasteiger partial charge >= 0.3 is 0 Å². The average molecular weight is 379 g/mol. The van der Waals surface area contributed by atoms with Crippen LogP contribution in [0, 0.1) is 0 Å². The fourth-order valence-corrected chi connectivity index (χ4v) is 4.74. The van der Waals surface area contributed by atoms with Gasteiger partial charge < -0.3 is 9.64 Å². The zero-order valence-corrected chi connectivity index (χ0v) is 16.1. The number of rotatable bonds is 3. The van der Waals surface area contributed by atoms with Crippen LogP contribution in [0.2, 0.25) is 0 Å². The Morgan fingerprint density at radius 3 is 2.96 bits per heavy atom. The van der Waals surface area contributed by atoms with Gasteiger partial charge in [-0.25, -0.2) is 9.97 Å². The van der Waals surface area contributed by atoms with Gasteiger partial charge in [0.1, 0.15) is 5.82 Å². The third kappa shape index (κ3) is 3.00. The molecule has 1 fully saturated rings. The Hall–Kier alpha value is -2.38. The number of hydrogen-bond acceptors (Lipinski definition) is 6. The first-order valence-corrected chi connectivity index (χ1v) is 10.3. The van der Waals surface area contributed by atoms with Crippen molar-refractivity contribution in [1.82, 2.24) is 20.2 Å². The maximum Gasteiger partial charge on any atom is 0.162 e. The van der Waals surface area contributed by atoms with Gasteiger partial charge in [0, 0.05) is 29.8 Å². The predicted octanol–water partition coefficient (Wildman–Crippen LogP) is 3.76. The minimum Gasteiger partial charge on any atom is -0.378 e. The number of H-pyrrole nitrogens is 1. The molecule has 3 aromatic rings. The lowest BCUT2D eigenvalue weighted by Crippen LogP contribution is -2.37. The lowest BCUT2D eigenvalue weighted by atomic mass is 10.1. The SMILES string of the molecule is CCC1=Cc2nc(-c3cccc4[nH]ncc34)nc(N3CCOCC3)c2SC1. The molecule has 0 amide bonds. The standard InChI is InChI=1S/C20H21N5OS/c1-2-13-10-17-18(27-12-13)20(25-6-8-26-9-7-25)23-19(22-17)14-4-3-5-16-15(14)11-21-24-16/h3-5,10-11H,2,6-9,12H2,1H3,(H,21,24). The Morgan fingerprint density at radius 2 is 2.11 bits per heavy atom. The third-order valence-corrected chi connectivity index (χ3v) is 6.30. The highest BCUT2D eigenvalue weighted by Gasteiger charge is 2.24. The number of nitrogens with one attached hydrogen (secondary N) is 1. The smallest absolute Gasteiger partial charge is 0.162 e. The second-order valence-electron chi connectivity index (χ2n) is 6.77. The van der Waals surface area contributed by atoms with Crippen molar-refractivity contribution < 1.29 is 4.74 Å². The number of morpholine rings is 1. The van der Waals surface area contributed by atoms with Gasteiger partial charge in [0.25, 0.3) is 0 Å². The molecule has 2 aliphatic heterocycles. The molecule has 7 heteroatoms. The summed E-state index contributed by atoms with van der Waals surface area (Å²) in [4.78, 5) is 13.5. The minimum absolute atomic E-state index is 0.742. The zero-order chi connectivity index (χ0) is 18.2. The highest BCUT2D eigenvalue weighted by Crippen LogP contribution is 2.40. The second kappa shape index (κ2) is 6.98. The van der Waals surface area contributed by atoms with E-state index in [1.807, 2.05) is 30.1 Å². The minimum atomic E-state index is 0.742. The summed E-state index contributed by atoms with van der Waals surface area (Å²) < 4.78 is 5.55. The van der Waals surface area contributed by atoms with Crippen molar-refractivity contribution in [3.05, 3.63) is 35.7 Å². The Bertz CT molecular complexity index is 1020. The molecule has 6 nitrogen and oxygen atoms in total. The summed E-state index contributed by atoms with van der Waals surface area (Å²) in [5.74, 6) is 2.81. The van der Waals surface area contributed by atoms with Crippen LogP contribution in [-0.4, -0.2) is 52.2 Å². The lowest BCUT2D eigenvalue weighted by molar-refractivity contribution is 0.122. The van der Waals surface area contributed by atoms with Gasteiger partial charge in [-0.15, -0.1) is 11.8 Å². The molecule has 0 spiro atoms. The van der Waals surface area contributed by atoms with Crippen LogP contribution in [-0.2, 0) is 4.74 Å². The van der Waals surface area contributed by atoms with E-state index in [1.165, 1.54) is 10.5 Å². The molecule has 2 aliphatic rings. The van der Waals surface area contributed by atoms with Gasteiger partial charge in [-0.1, -0.05) is 24.6 Å². The molecular weight excluding hydrogens is 358 g/mol. The molecule has 4 heterocycles. The van der Waals surface area contributed by atoms with E-state index >= 15 is 0 Å². The second-order valence-corrected chi connectivity index (χ2v) is 7.75. The molecule has 0 aliphatic carbocycles. The quantitative estimate of drug-likeness (QED) is 0.747. The van der Waals surface area contributed by atoms with Crippen molar-refractivity contribution in [2.45, 2.75) is 18.2 Å². The number of aromatic amines is 1. The highest BCUT2D eigenvalue weighted by atomic mass is 32.2. The number of ether oxygens (including phenoxy) is 1. The van der Waals surface area contributed by atoms with Crippen molar-refractivity contribution in [2.75, 3.05) is 37.0 Å². The molecule has 0 bridgehead atoms. The maximum absolute atomic E-state index is 5.55. The Balaban J connectivity index is 1.70. The summed E-state index contributed by atoms with van der Waals surface area (Å²) in [6.07, 6.45) is 5.15. The summed E-state index contributed by atoms with van der Waals surface area (Å²) in [5, 5.41) is 8.28. The van der Waals surface area contributed by atoms with Crippen LogP contribution < -0.4 is 4.90 Å². The van der Waals surface area contributed by atoms with Crippen LogP contribution in [0.3, 0.4) is 0 Å². The molecular formula is C20H21N5OS. The molecule has 1 saturated heterocycles. The van der Waals surface area contributed by atoms with Gasteiger partial charge in [0.2, 0.25) is 0 Å². The van der Waals surface area contributed by atoms with Gasteiger partial charge in [0.05, 0.1) is 35.5 Å². The molecule has 1 N–H and O–H groups in total. The van der Waals surface area contributed by atoms with E-state index in [0.29, 0.717) is 0 Å². The highest BCUT2D eigenvalue weighted by molar-refractivity contribution is 7.99. The molecule has 5 rings (SSSR count). The van der Waals surface area contributed by atoms with Crippen molar-refractivity contribution in [3.63, 3.8) is 0 Å². The molecule has 138 valence electrons. The van der Waals surface area contributed by atoms with Crippen LogP contribution in [0.25, 0.3) is 28.4 Å². The Kier molecular flexibility index (Phi) is 4.33. The van der Waals surface area contributed by atoms with E-state index in [0.717, 1.165) is 72.3 Å². The van der Waals surface area contributed by atoms with Crippen molar-refractivity contribution >= 4 is 34.6 Å². The van der Waals surface area contributed by atoms with Crippen molar-refractivity contribution in [1.29, 1.82) is 0 Å². The first kappa shape index (κ1) is 16.8. The van der Waals surface area contributed by atoms with E-state index in [2.05, 4.69) is 34.2 Å². The number of benzene rings is 1. The number of hydrogen-bond donors (Lipinski definition) is 1. The van der Waals surface area contributed by atoms with Crippen molar-refractivity contribution in [3.8, 4) is 11.4 Å². The molecule has 27 heavy (non-hydrogen) atoms. The van der Waals surface area contributed by atoms with E-state index in [9.17, 15) is 0 Å². The number of fused-ring (bicyclic) bond motifs is 2. The van der Waals surface area contributed by atoms with Crippen LogP contribution in [0.4, 0.5) is 5.82 Å². The fourth-order valence-electron chi connectivity index (χ4n) is 3.57. The van der Waals surface area contributed by atoms with E-state index in [-0.39, 0.29) is 0 Å². The van der Waals surface area contributed by atoms with Gasteiger partial charge in [-0.2, -0.15) is 5.10 Å². The molecule has 2 aromatic heterocycles. The van der Waals surface area contributed by atoms with E-state index in [1.54, 1.807) is 0 Å². The molecule has 0 saturated carbocycles. The molecule has 0 atom stereocenters. The maximum atomic E-state index is 5.55. The fraction of sp³-hybridized carbons (Fsp3) is 0.350. The number of anilines is 1. The summed E-state index contributed by atoms with van der Waals surface area (Å²) >= 11 is 1.86. The van der Waals surface area contributed by atoms with Crippen LogP contribution >= 0.6 is 11.8 Å². The zero-order valence-electron chi connectivity index (χ0n) is 15.2. The summed E-state index contributed by atoms with van der Waals surface area (Å²) in [5.41, 5.74) is 4.48. The normalized spacial score (nSPS) is 17.1. The number of thioether (sulfide) groups is 1. The summed E-state index contributed by atoms with van der Waals surface area (Å²) in [7, 11) is 0. The van der Waals surface area contributed by atoms with Gasteiger partial charge in [0.15, 0.2) is 5.82 Å². The number of aromatic nitrogens is 4. The number of nitrogens with zero attached hydrogens (tertiary/aromatic N) is 4. The molecule has 0 radical (unpaired) electrons. The Morgan fingerprint density at radius 1 is 1.22 bits per heavy atom. The van der Waals surface area contributed by atoms with Crippen molar-refractivity contribution in [2.24, 2.45) is 0 Å². The summed E-state index contributed by atoms with van der Waals surface area (Å²) in [6.45, 7) is 5.42. The van der Waals surface area contributed by atoms with E-state index < -0.39 is 0 Å². The van der Waals surface area contributed by atoms with Crippen LogP contribution in [0.5, 0.6) is 0 Å². The van der Waals surface area contributed by atoms with Gasteiger partial charge in [-0.05, 0) is 18.6 Å². The molecule has 1 aromatic carbocycles. The predicted molar refractivity (Wildman–Crippen MR) is 109 cm³/mol. The summed E-state index contributed by atoms with van der Waals surface area (Å²) in [6, 6.07) is 6.12.